The summed E-state index contributed by atoms with van der Waals surface area (Å²) in [6.45, 7) is 8.15. The Morgan fingerprint density at radius 1 is 1.19 bits per heavy atom. The SMILES string of the molecule is CC(C)(C)OC(=O)N1CCC2Cc3ccccc3N2CC1. The number of amides is 1. The fraction of sp³-hybridized carbons (Fsp3) is 0.588. The summed E-state index contributed by atoms with van der Waals surface area (Å²) in [6.07, 6.45) is 1.92. The van der Waals surface area contributed by atoms with Gasteiger partial charge >= 0.3 is 6.09 Å². The van der Waals surface area contributed by atoms with Crippen molar-refractivity contribution in [1.29, 1.82) is 0 Å². The zero-order valence-corrected chi connectivity index (χ0v) is 13.1. The molecule has 2 aliphatic heterocycles. The van der Waals surface area contributed by atoms with Crippen LogP contribution in [0.3, 0.4) is 0 Å². The van der Waals surface area contributed by atoms with Crippen molar-refractivity contribution in [3.63, 3.8) is 0 Å². The second-order valence-corrected chi connectivity index (χ2v) is 6.94. The highest BCUT2D eigenvalue weighted by molar-refractivity contribution is 5.68. The summed E-state index contributed by atoms with van der Waals surface area (Å²) in [5.74, 6) is 0. The molecular formula is C17H24N2O2. The lowest BCUT2D eigenvalue weighted by Crippen LogP contribution is -2.39. The van der Waals surface area contributed by atoms with Crippen LogP contribution in [0.1, 0.15) is 32.8 Å². The lowest BCUT2D eigenvalue weighted by Gasteiger charge is -2.26. The lowest BCUT2D eigenvalue weighted by molar-refractivity contribution is 0.0262. The molecule has 1 atom stereocenters. The maximum Gasteiger partial charge on any atom is 0.410 e. The quantitative estimate of drug-likeness (QED) is 0.735. The minimum atomic E-state index is -0.424. The van der Waals surface area contributed by atoms with Gasteiger partial charge in [0.1, 0.15) is 5.60 Å². The molecule has 1 saturated heterocycles. The number of rotatable bonds is 0. The third kappa shape index (κ3) is 2.99. The standard InChI is InChI=1S/C17H24N2O2/c1-17(2,3)21-16(20)18-9-8-14-12-13-6-4-5-7-15(13)19(14)11-10-18/h4-7,14H,8-12H2,1-3H3. The maximum atomic E-state index is 12.2. The molecule has 1 unspecified atom stereocenters. The molecule has 21 heavy (non-hydrogen) atoms. The fourth-order valence-electron chi connectivity index (χ4n) is 3.24. The first-order valence-corrected chi connectivity index (χ1v) is 7.76. The van der Waals surface area contributed by atoms with Crippen molar-refractivity contribution in [3.8, 4) is 0 Å². The van der Waals surface area contributed by atoms with E-state index in [1.54, 1.807) is 0 Å². The van der Waals surface area contributed by atoms with Crippen molar-refractivity contribution in [3.05, 3.63) is 29.8 Å². The Hall–Kier alpha value is -1.71. The summed E-state index contributed by atoms with van der Waals surface area (Å²) in [5.41, 5.74) is 2.35. The molecule has 0 radical (unpaired) electrons. The molecule has 0 N–H and O–H groups in total. The molecule has 0 saturated carbocycles. The second-order valence-electron chi connectivity index (χ2n) is 6.94. The van der Waals surface area contributed by atoms with Gasteiger partial charge in [-0.25, -0.2) is 4.79 Å². The van der Waals surface area contributed by atoms with E-state index in [0.717, 1.165) is 32.5 Å². The Morgan fingerprint density at radius 2 is 1.95 bits per heavy atom. The van der Waals surface area contributed by atoms with Crippen LogP contribution in [0.25, 0.3) is 0 Å². The largest absolute Gasteiger partial charge is 0.444 e. The van der Waals surface area contributed by atoms with E-state index in [0.29, 0.717) is 6.04 Å². The number of carbonyl (C=O) groups excluding carboxylic acids is 1. The number of para-hydroxylation sites is 1. The third-order valence-corrected chi connectivity index (χ3v) is 4.19. The van der Waals surface area contributed by atoms with E-state index in [2.05, 4.69) is 29.2 Å². The Kier molecular flexibility index (Phi) is 3.56. The van der Waals surface area contributed by atoms with Gasteiger partial charge < -0.3 is 14.5 Å². The van der Waals surface area contributed by atoms with Crippen LogP contribution in [0.4, 0.5) is 10.5 Å². The molecule has 3 rings (SSSR count). The van der Waals surface area contributed by atoms with Crippen molar-refractivity contribution in [1.82, 2.24) is 4.90 Å². The number of benzene rings is 1. The highest BCUT2D eigenvalue weighted by Gasteiger charge is 2.33. The first kappa shape index (κ1) is 14.2. The molecule has 2 aliphatic rings. The third-order valence-electron chi connectivity index (χ3n) is 4.19. The minimum absolute atomic E-state index is 0.183. The van der Waals surface area contributed by atoms with Crippen LogP contribution in [0.5, 0.6) is 0 Å². The smallest absolute Gasteiger partial charge is 0.410 e. The maximum absolute atomic E-state index is 12.2. The summed E-state index contributed by atoms with van der Waals surface area (Å²) in [5, 5.41) is 0. The van der Waals surface area contributed by atoms with E-state index in [4.69, 9.17) is 4.74 Å². The van der Waals surface area contributed by atoms with Gasteiger partial charge in [-0.15, -0.1) is 0 Å². The molecule has 1 aromatic carbocycles. The summed E-state index contributed by atoms with van der Waals surface area (Å²) >= 11 is 0. The predicted molar refractivity (Wildman–Crippen MR) is 83.7 cm³/mol. The second kappa shape index (κ2) is 5.24. The van der Waals surface area contributed by atoms with Crippen molar-refractivity contribution >= 4 is 11.8 Å². The summed E-state index contributed by atoms with van der Waals surface area (Å²) in [6, 6.07) is 9.14. The van der Waals surface area contributed by atoms with Gasteiger partial charge in [-0.2, -0.15) is 0 Å². The number of anilines is 1. The van der Waals surface area contributed by atoms with Crippen LogP contribution in [0, 0.1) is 0 Å². The first-order chi connectivity index (χ1) is 9.94. The molecule has 4 heteroatoms. The molecule has 2 heterocycles. The molecule has 1 amide bonds. The number of hydrogen-bond acceptors (Lipinski definition) is 3. The monoisotopic (exact) mass is 288 g/mol. The lowest BCUT2D eigenvalue weighted by atomic mass is 10.1. The highest BCUT2D eigenvalue weighted by Crippen LogP contribution is 2.34. The zero-order chi connectivity index (χ0) is 15.0. The van der Waals surface area contributed by atoms with E-state index in [1.807, 2.05) is 25.7 Å². The molecular weight excluding hydrogens is 264 g/mol. The number of hydrogen-bond donors (Lipinski definition) is 0. The van der Waals surface area contributed by atoms with Crippen LogP contribution in [-0.2, 0) is 11.2 Å². The van der Waals surface area contributed by atoms with Crippen molar-refractivity contribution in [2.45, 2.75) is 45.3 Å². The van der Waals surface area contributed by atoms with E-state index in [1.165, 1.54) is 11.3 Å². The van der Waals surface area contributed by atoms with E-state index in [-0.39, 0.29) is 6.09 Å². The number of fused-ring (bicyclic) bond motifs is 3. The van der Waals surface area contributed by atoms with Gasteiger partial charge in [0.25, 0.3) is 0 Å². The van der Waals surface area contributed by atoms with Crippen LogP contribution < -0.4 is 4.90 Å². The average molecular weight is 288 g/mol. The fourth-order valence-corrected chi connectivity index (χ4v) is 3.24. The number of carbonyl (C=O) groups is 1. The van der Waals surface area contributed by atoms with Gasteiger partial charge in [-0.05, 0) is 45.2 Å². The highest BCUT2D eigenvalue weighted by atomic mass is 16.6. The Balaban J connectivity index is 1.68. The Labute approximate surface area is 126 Å². The average Bonchev–Trinajstić information content (AvgIpc) is 2.61. The normalized spacial score (nSPS) is 21.6. The van der Waals surface area contributed by atoms with Gasteiger partial charge in [0.15, 0.2) is 0 Å². The predicted octanol–water partition coefficient (Wildman–Crippen LogP) is 3.06. The van der Waals surface area contributed by atoms with Crippen LogP contribution in [0.2, 0.25) is 0 Å². The van der Waals surface area contributed by atoms with Crippen molar-refractivity contribution in [2.75, 3.05) is 24.5 Å². The van der Waals surface area contributed by atoms with Crippen molar-refractivity contribution < 1.29 is 9.53 Å². The van der Waals surface area contributed by atoms with Crippen LogP contribution in [-0.4, -0.2) is 42.3 Å². The van der Waals surface area contributed by atoms with Gasteiger partial charge in [0, 0.05) is 31.4 Å². The van der Waals surface area contributed by atoms with E-state index in [9.17, 15) is 4.79 Å². The molecule has 0 aliphatic carbocycles. The molecule has 4 nitrogen and oxygen atoms in total. The number of ether oxygens (including phenoxy) is 1. The minimum Gasteiger partial charge on any atom is -0.444 e. The molecule has 1 aromatic rings. The topological polar surface area (TPSA) is 32.8 Å². The first-order valence-electron chi connectivity index (χ1n) is 7.76. The van der Waals surface area contributed by atoms with E-state index >= 15 is 0 Å². The molecule has 1 fully saturated rings. The van der Waals surface area contributed by atoms with Crippen LogP contribution in [0.15, 0.2) is 24.3 Å². The summed E-state index contributed by atoms with van der Waals surface area (Å²) in [7, 11) is 0. The number of nitrogens with zero attached hydrogens (tertiary/aromatic N) is 2. The molecule has 0 spiro atoms. The Bertz CT molecular complexity index is 536. The summed E-state index contributed by atoms with van der Waals surface area (Å²) < 4.78 is 5.49. The van der Waals surface area contributed by atoms with Gasteiger partial charge in [0.05, 0.1) is 0 Å². The van der Waals surface area contributed by atoms with Crippen molar-refractivity contribution in [2.24, 2.45) is 0 Å². The zero-order valence-electron chi connectivity index (χ0n) is 13.1. The van der Waals surface area contributed by atoms with Gasteiger partial charge in [0.2, 0.25) is 0 Å². The molecule has 0 aromatic heterocycles. The van der Waals surface area contributed by atoms with E-state index < -0.39 is 5.60 Å². The van der Waals surface area contributed by atoms with Crippen LogP contribution >= 0.6 is 0 Å². The molecule has 114 valence electrons. The summed E-state index contributed by atoms with van der Waals surface area (Å²) in [4.78, 5) is 16.5. The Morgan fingerprint density at radius 3 is 2.71 bits per heavy atom. The van der Waals surface area contributed by atoms with Gasteiger partial charge in [-0.1, -0.05) is 18.2 Å². The van der Waals surface area contributed by atoms with Gasteiger partial charge in [-0.3, -0.25) is 0 Å². The molecule has 0 bridgehead atoms.